The van der Waals surface area contributed by atoms with E-state index >= 15 is 0 Å². The number of para-hydroxylation sites is 1. The van der Waals surface area contributed by atoms with Gasteiger partial charge < -0.3 is 5.32 Å². The number of rotatable bonds is 5. The quantitative estimate of drug-likeness (QED) is 0.500. The molecule has 2 aromatic heterocycles. The zero-order valence-corrected chi connectivity index (χ0v) is 16.1. The molecule has 8 heteroatoms. The second-order valence-electron chi connectivity index (χ2n) is 5.74. The van der Waals surface area contributed by atoms with Crippen molar-refractivity contribution in [1.82, 2.24) is 10.2 Å². The summed E-state index contributed by atoms with van der Waals surface area (Å²) in [5.41, 5.74) is 2.26. The van der Waals surface area contributed by atoms with Crippen molar-refractivity contribution in [3.05, 3.63) is 82.6 Å². The smallest absolute Gasteiger partial charge is 0.259 e. The van der Waals surface area contributed by atoms with Gasteiger partial charge in [0.2, 0.25) is 5.13 Å². The molecule has 2 aromatic carbocycles. The first-order valence-corrected chi connectivity index (χ1v) is 10.1. The Labute approximate surface area is 168 Å². The minimum Gasteiger partial charge on any atom is -0.321 e. The van der Waals surface area contributed by atoms with Crippen LogP contribution in [0.4, 0.5) is 10.8 Å². The Morgan fingerprint density at radius 3 is 2.39 bits per heavy atom. The highest BCUT2D eigenvalue weighted by molar-refractivity contribution is 7.19. The summed E-state index contributed by atoms with van der Waals surface area (Å²) >= 11 is 2.87. The van der Waals surface area contributed by atoms with Crippen molar-refractivity contribution in [1.29, 1.82) is 0 Å². The van der Waals surface area contributed by atoms with Gasteiger partial charge in [0.05, 0.1) is 11.3 Å². The summed E-state index contributed by atoms with van der Waals surface area (Å²) in [6.07, 6.45) is 0. The number of carbonyl (C=O) groups is 2. The molecule has 4 rings (SSSR count). The lowest BCUT2D eigenvalue weighted by Gasteiger charge is -2.10. The molecule has 138 valence electrons. The standard InChI is InChI=1S/C20H14N4O2S2/c25-17(13-6-2-1-3-7-13)21-16-9-5-4-8-15(16)18(26)22-20-24-23-19(28-20)14-10-11-27-12-14/h1-12H,(H,21,25)(H,22,24,26). The fourth-order valence-corrected chi connectivity index (χ4v) is 3.97. The molecule has 0 bridgehead atoms. The van der Waals surface area contributed by atoms with E-state index in [1.807, 2.05) is 22.9 Å². The molecule has 0 radical (unpaired) electrons. The van der Waals surface area contributed by atoms with E-state index in [4.69, 9.17) is 0 Å². The third kappa shape index (κ3) is 3.98. The van der Waals surface area contributed by atoms with Crippen LogP contribution in [0.5, 0.6) is 0 Å². The summed E-state index contributed by atoms with van der Waals surface area (Å²) < 4.78 is 0. The topological polar surface area (TPSA) is 84.0 Å². The minimum absolute atomic E-state index is 0.281. The van der Waals surface area contributed by atoms with Gasteiger partial charge in [-0.15, -0.1) is 10.2 Å². The van der Waals surface area contributed by atoms with Crippen LogP contribution in [0.25, 0.3) is 10.6 Å². The van der Waals surface area contributed by atoms with Crippen molar-refractivity contribution in [3.8, 4) is 10.6 Å². The van der Waals surface area contributed by atoms with Crippen LogP contribution < -0.4 is 10.6 Å². The highest BCUT2D eigenvalue weighted by atomic mass is 32.1. The molecule has 0 spiro atoms. The van der Waals surface area contributed by atoms with E-state index in [9.17, 15) is 9.59 Å². The van der Waals surface area contributed by atoms with E-state index in [1.54, 1.807) is 59.9 Å². The predicted octanol–water partition coefficient (Wildman–Crippen LogP) is 4.77. The number of hydrogen-bond donors (Lipinski definition) is 2. The summed E-state index contributed by atoms with van der Waals surface area (Å²) in [6, 6.07) is 17.6. The summed E-state index contributed by atoms with van der Waals surface area (Å²) in [6.45, 7) is 0. The third-order valence-corrected chi connectivity index (χ3v) is 5.44. The van der Waals surface area contributed by atoms with Crippen molar-refractivity contribution in [2.45, 2.75) is 0 Å². The minimum atomic E-state index is -0.364. The highest BCUT2D eigenvalue weighted by Gasteiger charge is 2.16. The fraction of sp³-hybridized carbons (Fsp3) is 0. The number of nitrogens with zero attached hydrogens (tertiary/aromatic N) is 2. The lowest BCUT2D eigenvalue weighted by molar-refractivity contribution is 0.102. The average molecular weight is 406 g/mol. The van der Waals surface area contributed by atoms with Crippen LogP contribution in [0.3, 0.4) is 0 Å². The normalized spacial score (nSPS) is 10.4. The maximum absolute atomic E-state index is 12.7. The molecule has 0 unspecified atom stereocenters. The number of anilines is 2. The second kappa shape index (κ2) is 8.12. The van der Waals surface area contributed by atoms with Gasteiger partial charge in [-0.3, -0.25) is 14.9 Å². The summed E-state index contributed by atoms with van der Waals surface area (Å²) in [5.74, 6) is -0.645. The molecule has 4 aromatic rings. The molecule has 0 saturated carbocycles. The van der Waals surface area contributed by atoms with Crippen LogP contribution >= 0.6 is 22.7 Å². The van der Waals surface area contributed by atoms with E-state index < -0.39 is 0 Å². The Morgan fingerprint density at radius 2 is 1.61 bits per heavy atom. The summed E-state index contributed by atoms with van der Waals surface area (Å²) in [7, 11) is 0. The number of amides is 2. The second-order valence-corrected chi connectivity index (χ2v) is 7.50. The molecule has 28 heavy (non-hydrogen) atoms. The Hall–Kier alpha value is -3.36. The Morgan fingerprint density at radius 1 is 0.821 bits per heavy atom. The first-order chi connectivity index (χ1) is 13.7. The lowest BCUT2D eigenvalue weighted by Crippen LogP contribution is -2.18. The van der Waals surface area contributed by atoms with E-state index in [0.29, 0.717) is 21.9 Å². The van der Waals surface area contributed by atoms with E-state index in [-0.39, 0.29) is 11.8 Å². The largest absolute Gasteiger partial charge is 0.321 e. The molecule has 6 nitrogen and oxygen atoms in total. The molecule has 0 aliphatic heterocycles. The fourth-order valence-electron chi connectivity index (χ4n) is 2.52. The van der Waals surface area contributed by atoms with Gasteiger partial charge in [-0.05, 0) is 35.7 Å². The van der Waals surface area contributed by atoms with Gasteiger partial charge in [0.1, 0.15) is 5.01 Å². The number of hydrogen-bond acceptors (Lipinski definition) is 6. The number of benzene rings is 2. The average Bonchev–Trinajstić information content (AvgIpc) is 3.41. The van der Waals surface area contributed by atoms with Crippen molar-refractivity contribution < 1.29 is 9.59 Å². The van der Waals surface area contributed by atoms with Crippen molar-refractivity contribution in [3.63, 3.8) is 0 Å². The van der Waals surface area contributed by atoms with Crippen LogP contribution in [0.1, 0.15) is 20.7 Å². The van der Waals surface area contributed by atoms with Gasteiger partial charge in [0.15, 0.2) is 0 Å². The first-order valence-electron chi connectivity index (χ1n) is 8.33. The van der Waals surface area contributed by atoms with Crippen molar-refractivity contribution in [2.75, 3.05) is 10.6 Å². The van der Waals surface area contributed by atoms with E-state index in [0.717, 1.165) is 10.6 Å². The number of thiophene rings is 1. The van der Waals surface area contributed by atoms with Crippen molar-refractivity contribution >= 4 is 45.3 Å². The molecule has 2 amide bonds. The maximum atomic E-state index is 12.7. The van der Waals surface area contributed by atoms with Crippen LogP contribution in [0, 0.1) is 0 Å². The number of carbonyl (C=O) groups excluding carboxylic acids is 2. The Kier molecular flexibility index (Phi) is 5.22. The third-order valence-electron chi connectivity index (χ3n) is 3.87. The zero-order valence-electron chi connectivity index (χ0n) is 14.5. The van der Waals surface area contributed by atoms with Crippen LogP contribution in [-0.2, 0) is 0 Å². The SMILES string of the molecule is O=C(Nc1ccccc1C(=O)Nc1nnc(-c2ccsc2)s1)c1ccccc1. The van der Waals surface area contributed by atoms with Crippen LogP contribution in [0.15, 0.2) is 71.4 Å². The molecular formula is C20H14N4O2S2. The summed E-state index contributed by atoms with van der Waals surface area (Å²) in [4.78, 5) is 25.1. The lowest BCUT2D eigenvalue weighted by atomic mass is 10.1. The van der Waals surface area contributed by atoms with Gasteiger partial charge in [-0.1, -0.05) is 41.7 Å². The highest BCUT2D eigenvalue weighted by Crippen LogP contribution is 2.28. The van der Waals surface area contributed by atoms with E-state index in [1.165, 1.54) is 11.3 Å². The molecule has 0 aliphatic carbocycles. The van der Waals surface area contributed by atoms with Gasteiger partial charge in [0, 0.05) is 16.5 Å². The van der Waals surface area contributed by atoms with E-state index in [2.05, 4.69) is 20.8 Å². The molecule has 2 heterocycles. The zero-order chi connectivity index (χ0) is 19.3. The molecule has 0 fully saturated rings. The Balaban J connectivity index is 1.51. The predicted molar refractivity (Wildman–Crippen MR) is 112 cm³/mol. The first kappa shape index (κ1) is 18.0. The van der Waals surface area contributed by atoms with Crippen molar-refractivity contribution in [2.24, 2.45) is 0 Å². The van der Waals surface area contributed by atoms with Gasteiger partial charge in [-0.2, -0.15) is 11.3 Å². The number of nitrogens with one attached hydrogen (secondary N) is 2. The number of aromatic nitrogens is 2. The molecule has 0 atom stereocenters. The van der Waals surface area contributed by atoms with Gasteiger partial charge in [-0.25, -0.2) is 0 Å². The van der Waals surface area contributed by atoms with Crippen LogP contribution in [0.2, 0.25) is 0 Å². The molecular weight excluding hydrogens is 392 g/mol. The maximum Gasteiger partial charge on any atom is 0.259 e. The van der Waals surface area contributed by atoms with Gasteiger partial charge >= 0.3 is 0 Å². The molecule has 0 saturated heterocycles. The Bertz CT molecular complexity index is 1110. The molecule has 2 N–H and O–H groups in total. The summed E-state index contributed by atoms with van der Waals surface area (Å²) in [5, 5.41) is 18.7. The monoisotopic (exact) mass is 406 g/mol. The van der Waals surface area contributed by atoms with Gasteiger partial charge in [0.25, 0.3) is 11.8 Å². The molecule has 0 aliphatic rings. The van der Waals surface area contributed by atoms with Crippen LogP contribution in [-0.4, -0.2) is 22.0 Å².